The molecule has 0 atom stereocenters. The maximum absolute atomic E-state index is 5.71. The summed E-state index contributed by atoms with van der Waals surface area (Å²) in [5, 5.41) is 3.08. The summed E-state index contributed by atoms with van der Waals surface area (Å²) in [4.78, 5) is 0. The Morgan fingerprint density at radius 2 is 2.11 bits per heavy atom. The number of furan rings is 1. The molecule has 0 aliphatic heterocycles. The summed E-state index contributed by atoms with van der Waals surface area (Å²) >= 11 is 3.45. The van der Waals surface area contributed by atoms with Gasteiger partial charge in [-0.05, 0) is 53.7 Å². The summed E-state index contributed by atoms with van der Waals surface area (Å²) in [6.07, 6.45) is 0. The first kappa shape index (κ1) is 13.2. The van der Waals surface area contributed by atoms with Crippen LogP contribution in [0.5, 0.6) is 5.75 Å². The molecule has 2 rings (SSSR count). The molecule has 18 heavy (non-hydrogen) atoms. The lowest BCUT2D eigenvalue weighted by atomic mass is 10.2. The van der Waals surface area contributed by atoms with Crippen molar-refractivity contribution in [3.8, 4) is 5.75 Å². The van der Waals surface area contributed by atoms with Gasteiger partial charge in [-0.2, -0.15) is 0 Å². The van der Waals surface area contributed by atoms with E-state index in [0.717, 1.165) is 33.9 Å². The topological polar surface area (TPSA) is 34.4 Å². The van der Waals surface area contributed by atoms with Gasteiger partial charge < -0.3 is 14.5 Å². The summed E-state index contributed by atoms with van der Waals surface area (Å²) in [7, 11) is 1.90. The number of hydrogen-bond acceptors (Lipinski definition) is 3. The highest BCUT2D eigenvalue weighted by molar-refractivity contribution is 9.10. The van der Waals surface area contributed by atoms with Gasteiger partial charge in [0.2, 0.25) is 0 Å². The van der Waals surface area contributed by atoms with E-state index in [0.29, 0.717) is 6.61 Å². The molecule has 0 fully saturated rings. The van der Waals surface area contributed by atoms with Crippen LogP contribution in [-0.4, -0.2) is 7.05 Å². The summed E-state index contributed by atoms with van der Waals surface area (Å²) in [6, 6.07) is 9.80. The molecule has 1 aromatic carbocycles. The van der Waals surface area contributed by atoms with Gasteiger partial charge in [-0.25, -0.2) is 0 Å². The molecule has 0 aliphatic rings. The molecule has 4 heteroatoms. The van der Waals surface area contributed by atoms with Gasteiger partial charge in [0.1, 0.15) is 23.9 Å². The lowest BCUT2D eigenvalue weighted by Gasteiger charge is -2.05. The maximum atomic E-state index is 5.71. The number of aryl methyl sites for hydroxylation is 1. The van der Waals surface area contributed by atoms with Gasteiger partial charge in [0.15, 0.2) is 0 Å². The molecule has 0 saturated carbocycles. The number of ether oxygens (including phenoxy) is 1. The molecule has 3 nitrogen and oxygen atoms in total. The van der Waals surface area contributed by atoms with E-state index in [4.69, 9.17) is 9.15 Å². The maximum Gasteiger partial charge on any atom is 0.146 e. The van der Waals surface area contributed by atoms with E-state index < -0.39 is 0 Å². The molecule has 1 aromatic heterocycles. The molecule has 1 heterocycles. The third-order valence-electron chi connectivity index (χ3n) is 2.62. The Balaban J connectivity index is 2.02. The third-order valence-corrected chi connectivity index (χ3v) is 3.27. The lowest BCUT2D eigenvalue weighted by molar-refractivity contribution is 0.264. The number of hydrogen-bond donors (Lipinski definition) is 1. The van der Waals surface area contributed by atoms with Crippen molar-refractivity contribution in [3.63, 3.8) is 0 Å². The predicted molar refractivity (Wildman–Crippen MR) is 74.7 cm³/mol. The van der Waals surface area contributed by atoms with Crippen molar-refractivity contribution in [2.24, 2.45) is 0 Å². The highest BCUT2D eigenvalue weighted by Gasteiger charge is 2.08. The van der Waals surface area contributed by atoms with E-state index in [1.54, 1.807) is 0 Å². The van der Waals surface area contributed by atoms with Crippen molar-refractivity contribution in [1.29, 1.82) is 0 Å². The SMILES string of the molecule is CNCc1oc(COc2ccccc2Br)cc1C. The average molecular weight is 310 g/mol. The van der Waals surface area contributed by atoms with E-state index in [9.17, 15) is 0 Å². The minimum Gasteiger partial charge on any atom is -0.484 e. The second kappa shape index (κ2) is 6.07. The molecular weight excluding hydrogens is 294 g/mol. The Labute approximate surface area is 115 Å². The zero-order chi connectivity index (χ0) is 13.0. The number of para-hydroxylation sites is 1. The van der Waals surface area contributed by atoms with Crippen molar-refractivity contribution in [3.05, 3.63) is 51.9 Å². The normalized spacial score (nSPS) is 10.6. The van der Waals surface area contributed by atoms with E-state index >= 15 is 0 Å². The molecule has 0 bridgehead atoms. The van der Waals surface area contributed by atoms with Crippen molar-refractivity contribution in [2.45, 2.75) is 20.1 Å². The fraction of sp³-hybridized carbons (Fsp3) is 0.286. The van der Waals surface area contributed by atoms with E-state index in [2.05, 4.69) is 21.2 Å². The summed E-state index contributed by atoms with van der Waals surface area (Å²) in [6.45, 7) is 3.21. The number of halogens is 1. The van der Waals surface area contributed by atoms with Crippen molar-refractivity contribution >= 4 is 15.9 Å². The van der Waals surface area contributed by atoms with Gasteiger partial charge in [0.05, 0.1) is 11.0 Å². The Morgan fingerprint density at radius 3 is 2.83 bits per heavy atom. The standard InChI is InChI=1S/C14H16BrNO2/c1-10-7-11(18-14(10)8-16-2)9-17-13-6-4-3-5-12(13)15/h3-7,16H,8-9H2,1-2H3. The van der Waals surface area contributed by atoms with Crippen molar-refractivity contribution < 1.29 is 9.15 Å². The molecule has 0 aliphatic carbocycles. The van der Waals surface area contributed by atoms with Crippen LogP contribution in [-0.2, 0) is 13.2 Å². The zero-order valence-corrected chi connectivity index (χ0v) is 12.1. The number of rotatable bonds is 5. The largest absolute Gasteiger partial charge is 0.484 e. The molecule has 0 unspecified atom stereocenters. The highest BCUT2D eigenvalue weighted by Crippen LogP contribution is 2.25. The van der Waals surface area contributed by atoms with Crippen molar-refractivity contribution in [1.82, 2.24) is 5.32 Å². The monoisotopic (exact) mass is 309 g/mol. The quantitative estimate of drug-likeness (QED) is 0.915. The fourth-order valence-corrected chi connectivity index (χ4v) is 2.11. The Hall–Kier alpha value is -1.26. The minimum atomic E-state index is 0.438. The summed E-state index contributed by atoms with van der Waals surface area (Å²) in [5.74, 6) is 2.62. The first-order valence-corrected chi connectivity index (χ1v) is 6.60. The van der Waals surface area contributed by atoms with Crippen LogP contribution in [0.2, 0.25) is 0 Å². The van der Waals surface area contributed by atoms with E-state index in [-0.39, 0.29) is 0 Å². The molecule has 2 aromatic rings. The molecule has 1 N–H and O–H groups in total. The van der Waals surface area contributed by atoms with Gasteiger partial charge in [0.25, 0.3) is 0 Å². The van der Waals surface area contributed by atoms with E-state index in [1.165, 1.54) is 0 Å². The Morgan fingerprint density at radius 1 is 1.33 bits per heavy atom. The van der Waals surface area contributed by atoms with Crippen LogP contribution in [0, 0.1) is 6.92 Å². The zero-order valence-electron chi connectivity index (χ0n) is 10.5. The Bertz CT molecular complexity index is 522. The second-order valence-corrected chi connectivity index (χ2v) is 4.92. The predicted octanol–water partition coefficient (Wildman–Crippen LogP) is 3.65. The summed E-state index contributed by atoms with van der Waals surface area (Å²) < 4.78 is 12.4. The second-order valence-electron chi connectivity index (χ2n) is 4.07. The molecule has 0 radical (unpaired) electrons. The van der Waals surface area contributed by atoms with Crippen LogP contribution in [0.15, 0.2) is 39.2 Å². The number of nitrogens with one attached hydrogen (secondary N) is 1. The van der Waals surface area contributed by atoms with Crippen LogP contribution >= 0.6 is 15.9 Å². The van der Waals surface area contributed by atoms with Gasteiger partial charge in [-0.15, -0.1) is 0 Å². The van der Waals surface area contributed by atoms with Crippen LogP contribution in [0.3, 0.4) is 0 Å². The van der Waals surface area contributed by atoms with Gasteiger partial charge in [-0.3, -0.25) is 0 Å². The average Bonchev–Trinajstić information content (AvgIpc) is 2.70. The van der Waals surface area contributed by atoms with Gasteiger partial charge in [0, 0.05) is 0 Å². The van der Waals surface area contributed by atoms with Crippen LogP contribution < -0.4 is 10.1 Å². The third kappa shape index (κ3) is 3.15. The molecule has 0 saturated heterocycles. The summed E-state index contributed by atoms with van der Waals surface area (Å²) in [5.41, 5.74) is 1.15. The highest BCUT2D eigenvalue weighted by atomic mass is 79.9. The van der Waals surface area contributed by atoms with Crippen LogP contribution in [0.4, 0.5) is 0 Å². The number of benzene rings is 1. The van der Waals surface area contributed by atoms with E-state index in [1.807, 2.05) is 44.3 Å². The first-order chi connectivity index (χ1) is 8.70. The van der Waals surface area contributed by atoms with Crippen LogP contribution in [0.1, 0.15) is 17.1 Å². The minimum absolute atomic E-state index is 0.438. The first-order valence-electron chi connectivity index (χ1n) is 5.81. The fourth-order valence-electron chi connectivity index (χ4n) is 1.71. The van der Waals surface area contributed by atoms with Crippen molar-refractivity contribution in [2.75, 3.05) is 7.05 Å². The Kier molecular flexibility index (Phi) is 4.44. The van der Waals surface area contributed by atoms with Gasteiger partial charge >= 0.3 is 0 Å². The molecule has 0 amide bonds. The van der Waals surface area contributed by atoms with Crippen LogP contribution in [0.25, 0.3) is 0 Å². The lowest BCUT2D eigenvalue weighted by Crippen LogP contribution is -2.04. The molecule has 96 valence electrons. The van der Waals surface area contributed by atoms with Gasteiger partial charge in [-0.1, -0.05) is 12.1 Å². The molecule has 0 spiro atoms. The smallest absolute Gasteiger partial charge is 0.146 e. The molecular formula is C14H16BrNO2.